The maximum atomic E-state index is 14.0. The Morgan fingerprint density at radius 3 is 2.38 bits per heavy atom. The highest BCUT2D eigenvalue weighted by Crippen LogP contribution is 2.42. The number of amides is 2. The van der Waals surface area contributed by atoms with E-state index in [9.17, 15) is 27.9 Å². The minimum atomic E-state index is -5.20. The van der Waals surface area contributed by atoms with Gasteiger partial charge in [-0.3, -0.25) is 9.59 Å². The first kappa shape index (κ1) is 31.5. The monoisotopic (exact) mass is 584 g/mol. The Hall–Kier alpha value is -2.98. The molecule has 1 saturated heterocycles. The molecule has 1 unspecified atom stereocenters. The number of methoxy groups -OCH3 is 1. The minimum absolute atomic E-state index is 0.115. The predicted octanol–water partition coefficient (Wildman–Crippen LogP) is 5.53. The number of aliphatic hydroxyl groups is 1. The van der Waals surface area contributed by atoms with Crippen molar-refractivity contribution in [3.05, 3.63) is 58.6 Å². The van der Waals surface area contributed by atoms with E-state index < -0.39 is 23.2 Å². The third-order valence-electron chi connectivity index (χ3n) is 7.29. The summed E-state index contributed by atoms with van der Waals surface area (Å²) < 4.78 is 53.0. The van der Waals surface area contributed by atoms with Crippen molar-refractivity contribution in [1.29, 1.82) is 0 Å². The van der Waals surface area contributed by atoms with Gasteiger partial charge in [-0.15, -0.1) is 0 Å². The highest BCUT2D eigenvalue weighted by Gasteiger charge is 2.62. The van der Waals surface area contributed by atoms with Crippen LogP contribution in [0.15, 0.2) is 42.5 Å². The molecule has 2 aromatic carbocycles. The number of nitrogens with zero attached hydrogens (tertiary/aromatic N) is 2. The summed E-state index contributed by atoms with van der Waals surface area (Å²) in [6.07, 6.45) is -2.44. The van der Waals surface area contributed by atoms with Crippen molar-refractivity contribution < 1.29 is 37.3 Å². The van der Waals surface area contributed by atoms with E-state index in [0.717, 1.165) is 29.9 Å². The molecule has 2 atom stereocenters. The fraction of sp³-hybridized carbons (Fsp3) is 0.517. The van der Waals surface area contributed by atoms with Gasteiger partial charge in [-0.05, 0) is 67.9 Å². The van der Waals surface area contributed by atoms with Crippen LogP contribution in [0, 0.1) is 11.8 Å². The number of ether oxygens (including phenoxy) is 2. The van der Waals surface area contributed by atoms with Crippen molar-refractivity contribution in [2.24, 2.45) is 11.8 Å². The fourth-order valence-electron chi connectivity index (χ4n) is 4.75. The molecular formula is C29H36ClF3N2O5. The highest BCUT2D eigenvalue weighted by atomic mass is 35.5. The van der Waals surface area contributed by atoms with E-state index in [4.69, 9.17) is 21.1 Å². The number of piperidine rings is 1. The van der Waals surface area contributed by atoms with E-state index in [1.54, 1.807) is 32.3 Å². The summed E-state index contributed by atoms with van der Waals surface area (Å²) in [5, 5.41) is 11.0. The molecule has 0 bridgehead atoms. The van der Waals surface area contributed by atoms with Gasteiger partial charge in [0.05, 0.1) is 24.3 Å². The fourth-order valence-corrected chi connectivity index (χ4v) is 5.00. The van der Waals surface area contributed by atoms with Crippen LogP contribution >= 0.6 is 11.6 Å². The van der Waals surface area contributed by atoms with Crippen LogP contribution in [0.5, 0.6) is 11.5 Å². The second-order valence-corrected chi connectivity index (χ2v) is 10.9. The number of alkyl halides is 3. The van der Waals surface area contributed by atoms with E-state index in [1.807, 2.05) is 6.92 Å². The van der Waals surface area contributed by atoms with Crippen molar-refractivity contribution in [3.63, 3.8) is 0 Å². The molecule has 1 N–H and O–H groups in total. The summed E-state index contributed by atoms with van der Waals surface area (Å²) in [6.45, 7) is 2.75. The number of hydrogen-bond acceptors (Lipinski definition) is 5. The molecule has 1 aliphatic rings. The van der Waals surface area contributed by atoms with Gasteiger partial charge in [-0.1, -0.05) is 30.7 Å². The van der Waals surface area contributed by atoms with Crippen LogP contribution < -0.4 is 9.47 Å². The van der Waals surface area contributed by atoms with Gasteiger partial charge in [0.15, 0.2) is 0 Å². The quantitative estimate of drug-likeness (QED) is 0.397. The molecule has 0 saturated carbocycles. The molecule has 0 spiro atoms. The molecule has 1 aliphatic heterocycles. The average Bonchev–Trinajstić information content (AvgIpc) is 2.93. The lowest BCUT2D eigenvalue weighted by molar-refractivity contribution is -0.262. The Morgan fingerprint density at radius 1 is 1.12 bits per heavy atom. The number of halogens is 4. The second kappa shape index (κ2) is 13.1. The zero-order valence-electron chi connectivity index (χ0n) is 23.1. The molecule has 1 fully saturated rings. The summed E-state index contributed by atoms with van der Waals surface area (Å²) in [5.41, 5.74) is -3.82. The molecule has 220 valence electrons. The summed E-state index contributed by atoms with van der Waals surface area (Å²) >= 11 is 6.24. The zero-order chi connectivity index (χ0) is 29.7. The Balaban J connectivity index is 1.51. The van der Waals surface area contributed by atoms with Crippen molar-refractivity contribution in [2.75, 3.05) is 40.9 Å². The highest BCUT2D eigenvalue weighted by molar-refractivity contribution is 6.34. The van der Waals surface area contributed by atoms with Gasteiger partial charge in [-0.2, -0.15) is 13.2 Å². The lowest BCUT2D eigenvalue weighted by Crippen LogP contribution is -2.57. The SMILES string of the molecule is COc1cccc(C(O)(C(=O)N2CCC(CC[C@H](C)COc3ccc(C(=O)N(C)C)c(Cl)c3)CC2)C(F)(F)F)c1. The van der Waals surface area contributed by atoms with Crippen LogP contribution in [0.3, 0.4) is 0 Å². The van der Waals surface area contributed by atoms with Gasteiger partial charge >= 0.3 is 6.18 Å². The minimum Gasteiger partial charge on any atom is -0.497 e. The predicted molar refractivity (Wildman–Crippen MR) is 146 cm³/mol. The number of hydrogen-bond donors (Lipinski definition) is 1. The molecule has 1 heterocycles. The van der Waals surface area contributed by atoms with Crippen LogP contribution in [0.4, 0.5) is 13.2 Å². The summed E-state index contributed by atoms with van der Waals surface area (Å²) in [4.78, 5) is 27.7. The Kier molecular flexibility index (Phi) is 10.3. The van der Waals surface area contributed by atoms with Crippen molar-refractivity contribution in [3.8, 4) is 11.5 Å². The topological polar surface area (TPSA) is 79.3 Å². The molecule has 3 rings (SSSR count). The van der Waals surface area contributed by atoms with E-state index in [-0.39, 0.29) is 36.6 Å². The van der Waals surface area contributed by atoms with Gasteiger partial charge in [0.1, 0.15) is 11.5 Å². The Morgan fingerprint density at radius 2 is 1.80 bits per heavy atom. The molecule has 7 nitrogen and oxygen atoms in total. The molecule has 11 heteroatoms. The molecule has 2 amide bonds. The van der Waals surface area contributed by atoms with Gasteiger partial charge in [0.2, 0.25) is 0 Å². The normalized spacial score (nSPS) is 16.7. The molecular weight excluding hydrogens is 549 g/mol. The number of benzene rings is 2. The van der Waals surface area contributed by atoms with E-state index >= 15 is 0 Å². The third kappa shape index (κ3) is 7.20. The van der Waals surface area contributed by atoms with Gasteiger partial charge in [0, 0.05) is 32.7 Å². The summed E-state index contributed by atoms with van der Waals surface area (Å²) in [7, 11) is 4.60. The van der Waals surface area contributed by atoms with Gasteiger partial charge in [-0.25, -0.2) is 0 Å². The lowest BCUT2D eigenvalue weighted by Gasteiger charge is -2.38. The van der Waals surface area contributed by atoms with Crippen LogP contribution in [0.25, 0.3) is 0 Å². The third-order valence-corrected chi connectivity index (χ3v) is 7.60. The number of rotatable bonds is 10. The molecule has 0 aliphatic carbocycles. The van der Waals surface area contributed by atoms with E-state index in [1.165, 1.54) is 24.1 Å². The van der Waals surface area contributed by atoms with Crippen molar-refractivity contribution in [2.45, 2.75) is 44.4 Å². The molecule has 0 radical (unpaired) electrons. The summed E-state index contributed by atoms with van der Waals surface area (Å²) in [6, 6.07) is 9.82. The first-order valence-corrected chi connectivity index (χ1v) is 13.5. The lowest BCUT2D eigenvalue weighted by atomic mass is 9.87. The smallest absolute Gasteiger partial charge is 0.430 e. The van der Waals surface area contributed by atoms with Crippen LogP contribution in [0.2, 0.25) is 5.02 Å². The zero-order valence-corrected chi connectivity index (χ0v) is 23.9. The Labute approximate surface area is 237 Å². The number of likely N-dealkylation sites (tertiary alicyclic amines) is 1. The van der Waals surface area contributed by atoms with Crippen molar-refractivity contribution >= 4 is 23.4 Å². The average molecular weight is 585 g/mol. The second-order valence-electron chi connectivity index (χ2n) is 10.5. The Bertz CT molecular complexity index is 1180. The van der Waals surface area contributed by atoms with E-state index in [0.29, 0.717) is 35.8 Å². The maximum absolute atomic E-state index is 14.0. The standard InChI is InChI=1S/C29H36ClF3N2O5/c1-19(18-40-23-10-11-24(25(30)17-23)26(36)34(2)3)8-9-20-12-14-35(15-13-20)27(37)28(38,29(31,32)33)21-6-5-7-22(16-21)39-4/h5-7,10-11,16-17,19-20,38H,8-9,12-15,18H2,1-4H3/t19-,28?/m0/s1. The maximum Gasteiger partial charge on any atom is 0.430 e. The van der Waals surface area contributed by atoms with Crippen LogP contribution in [-0.2, 0) is 10.4 Å². The number of carbonyl (C=O) groups is 2. The van der Waals surface area contributed by atoms with Gasteiger partial charge < -0.3 is 24.4 Å². The van der Waals surface area contributed by atoms with Crippen LogP contribution in [-0.4, -0.2) is 73.8 Å². The first-order valence-electron chi connectivity index (χ1n) is 13.1. The largest absolute Gasteiger partial charge is 0.497 e. The first-order chi connectivity index (χ1) is 18.8. The molecule has 2 aromatic rings. The van der Waals surface area contributed by atoms with Crippen molar-refractivity contribution in [1.82, 2.24) is 9.80 Å². The molecule has 0 aromatic heterocycles. The van der Waals surface area contributed by atoms with E-state index in [2.05, 4.69) is 0 Å². The molecule has 40 heavy (non-hydrogen) atoms. The number of carbonyl (C=O) groups excluding carboxylic acids is 2. The summed E-state index contributed by atoms with van der Waals surface area (Å²) in [5.74, 6) is -0.444. The van der Waals surface area contributed by atoms with Gasteiger partial charge in [0.25, 0.3) is 17.4 Å². The van der Waals surface area contributed by atoms with Crippen LogP contribution in [0.1, 0.15) is 48.5 Å².